The first kappa shape index (κ1) is 15.8. The molecule has 1 aliphatic carbocycles. The van der Waals surface area contributed by atoms with E-state index in [1.54, 1.807) is 30.0 Å². The van der Waals surface area contributed by atoms with E-state index < -0.39 is 11.4 Å². The summed E-state index contributed by atoms with van der Waals surface area (Å²) in [4.78, 5) is 30.8. The number of carboxylic acids is 1. The molecule has 1 saturated carbocycles. The molecule has 0 bridgehead atoms. The number of benzene rings is 1. The van der Waals surface area contributed by atoms with Gasteiger partial charge in [0.25, 0.3) is 11.8 Å². The van der Waals surface area contributed by atoms with Crippen LogP contribution in [0.1, 0.15) is 35.4 Å². The van der Waals surface area contributed by atoms with Crippen molar-refractivity contribution in [2.45, 2.75) is 26.2 Å². The Bertz CT molecular complexity index is 846. The van der Waals surface area contributed by atoms with Crippen LogP contribution in [0.15, 0.2) is 28.8 Å². The van der Waals surface area contributed by atoms with Gasteiger partial charge in [-0.1, -0.05) is 23.7 Å². The summed E-state index contributed by atoms with van der Waals surface area (Å²) in [5, 5.41) is 13.5. The molecule has 0 unspecified atom stereocenters. The molecule has 4 rings (SSSR count). The maximum Gasteiger partial charge on any atom is 0.311 e. The van der Waals surface area contributed by atoms with Gasteiger partial charge in [-0.2, -0.15) is 4.98 Å². The van der Waals surface area contributed by atoms with Crippen molar-refractivity contribution >= 4 is 11.9 Å². The molecule has 7 heteroatoms. The van der Waals surface area contributed by atoms with E-state index in [1.807, 2.05) is 6.07 Å². The summed E-state index contributed by atoms with van der Waals surface area (Å²) in [6, 6.07) is 7.08. The molecular weight excluding hydrogens is 322 g/mol. The summed E-state index contributed by atoms with van der Waals surface area (Å²) in [5.41, 5.74) is 0.257. The Morgan fingerprint density at radius 1 is 1.36 bits per heavy atom. The molecule has 2 aliphatic rings. The molecule has 1 aromatic carbocycles. The second kappa shape index (κ2) is 5.68. The number of rotatable bonds is 3. The van der Waals surface area contributed by atoms with Gasteiger partial charge >= 0.3 is 5.97 Å². The number of hydrogen-bond donors (Lipinski definition) is 1. The van der Waals surface area contributed by atoms with Crippen LogP contribution in [0.4, 0.5) is 0 Å². The smallest absolute Gasteiger partial charge is 0.311 e. The van der Waals surface area contributed by atoms with E-state index in [-0.39, 0.29) is 18.4 Å². The average molecular weight is 341 g/mol. The number of carbonyl (C=O) groups is 2. The van der Waals surface area contributed by atoms with Gasteiger partial charge in [0.05, 0.1) is 16.5 Å². The first-order valence-electron chi connectivity index (χ1n) is 8.44. The zero-order valence-electron chi connectivity index (χ0n) is 13.9. The lowest BCUT2D eigenvalue weighted by atomic mass is 9.81. The standard InChI is InChI=1S/C18H19N3O4/c1-11-19-15(25-20-11)13-6-2-3-7-14(13)16(22)21-9-12-5-4-8-18(12,10-21)17(23)24/h2-3,6-7,12H,4-5,8-10H2,1H3,(H,23,24)/t12-,18+/m0/s1. The molecule has 25 heavy (non-hydrogen) atoms. The highest BCUT2D eigenvalue weighted by molar-refractivity contribution is 6.00. The summed E-state index contributed by atoms with van der Waals surface area (Å²) >= 11 is 0. The fourth-order valence-electron chi connectivity index (χ4n) is 4.23. The number of fused-ring (bicyclic) bond motifs is 1. The van der Waals surface area contributed by atoms with Crippen LogP contribution in [0, 0.1) is 18.3 Å². The number of aromatic nitrogens is 2. The Hall–Kier alpha value is -2.70. The van der Waals surface area contributed by atoms with Crippen molar-refractivity contribution in [3.8, 4) is 11.5 Å². The van der Waals surface area contributed by atoms with Gasteiger partial charge in [0.15, 0.2) is 5.82 Å². The molecule has 0 spiro atoms. The van der Waals surface area contributed by atoms with Crippen molar-refractivity contribution < 1.29 is 19.2 Å². The normalized spacial score (nSPS) is 25.2. The third-order valence-electron chi connectivity index (χ3n) is 5.50. The maximum absolute atomic E-state index is 13.1. The van der Waals surface area contributed by atoms with Gasteiger partial charge < -0.3 is 14.5 Å². The van der Waals surface area contributed by atoms with E-state index in [2.05, 4.69) is 10.1 Å². The van der Waals surface area contributed by atoms with Crippen LogP contribution in [0.25, 0.3) is 11.5 Å². The highest BCUT2D eigenvalue weighted by Crippen LogP contribution is 2.49. The third kappa shape index (κ3) is 2.42. The van der Waals surface area contributed by atoms with E-state index in [4.69, 9.17) is 4.52 Å². The molecule has 1 amide bonds. The van der Waals surface area contributed by atoms with Crippen LogP contribution in [0.3, 0.4) is 0 Å². The Balaban J connectivity index is 1.66. The quantitative estimate of drug-likeness (QED) is 0.920. The van der Waals surface area contributed by atoms with Crippen LogP contribution in [-0.2, 0) is 4.79 Å². The van der Waals surface area contributed by atoms with Crippen molar-refractivity contribution in [1.29, 1.82) is 0 Å². The molecule has 1 saturated heterocycles. The number of carboxylic acid groups (broad SMARTS) is 1. The van der Waals surface area contributed by atoms with Crippen molar-refractivity contribution in [3.05, 3.63) is 35.7 Å². The van der Waals surface area contributed by atoms with Gasteiger partial charge in [-0.05, 0) is 37.8 Å². The van der Waals surface area contributed by atoms with E-state index in [0.29, 0.717) is 35.8 Å². The number of hydrogen-bond acceptors (Lipinski definition) is 5. The molecule has 1 aliphatic heterocycles. The van der Waals surface area contributed by atoms with Crippen LogP contribution in [0.5, 0.6) is 0 Å². The molecular formula is C18H19N3O4. The summed E-state index contributed by atoms with van der Waals surface area (Å²) in [6.07, 6.45) is 2.42. The minimum atomic E-state index is -0.786. The van der Waals surface area contributed by atoms with Gasteiger partial charge in [-0.25, -0.2) is 0 Å². The number of carbonyl (C=O) groups excluding carboxylic acids is 1. The molecule has 2 aromatic rings. The molecule has 2 atom stereocenters. The summed E-state index contributed by atoms with van der Waals surface area (Å²) in [5.74, 6) is -0.133. The minimum Gasteiger partial charge on any atom is -0.481 e. The lowest BCUT2D eigenvalue weighted by molar-refractivity contribution is -0.149. The van der Waals surface area contributed by atoms with Gasteiger partial charge in [0.2, 0.25) is 0 Å². The van der Waals surface area contributed by atoms with Gasteiger partial charge in [0.1, 0.15) is 0 Å². The Morgan fingerprint density at radius 2 is 2.16 bits per heavy atom. The van der Waals surface area contributed by atoms with Crippen LogP contribution < -0.4 is 0 Å². The molecule has 7 nitrogen and oxygen atoms in total. The Kier molecular flexibility index (Phi) is 3.59. The van der Waals surface area contributed by atoms with Crippen molar-refractivity contribution in [2.75, 3.05) is 13.1 Å². The SMILES string of the molecule is Cc1noc(-c2ccccc2C(=O)N2C[C@@H]3CCC[C@@]3(C(=O)O)C2)n1. The Labute approximate surface area is 144 Å². The lowest BCUT2D eigenvalue weighted by Gasteiger charge is -2.23. The van der Waals surface area contributed by atoms with E-state index >= 15 is 0 Å². The fraction of sp³-hybridized carbons (Fsp3) is 0.444. The maximum atomic E-state index is 13.1. The summed E-state index contributed by atoms with van der Waals surface area (Å²) in [6.45, 7) is 2.47. The number of aliphatic carboxylic acids is 1. The predicted molar refractivity (Wildman–Crippen MR) is 87.8 cm³/mol. The van der Waals surface area contributed by atoms with E-state index in [0.717, 1.165) is 12.8 Å². The number of nitrogens with zero attached hydrogens (tertiary/aromatic N) is 3. The van der Waals surface area contributed by atoms with Crippen molar-refractivity contribution in [3.63, 3.8) is 0 Å². The molecule has 1 aromatic heterocycles. The second-order valence-corrected chi connectivity index (χ2v) is 6.93. The van der Waals surface area contributed by atoms with Crippen LogP contribution >= 0.6 is 0 Å². The first-order chi connectivity index (χ1) is 12.0. The topological polar surface area (TPSA) is 96.5 Å². The summed E-state index contributed by atoms with van der Waals surface area (Å²) in [7, 11) is 0. The zero-order chi connectivity index (χ0) is 17.6. The number of likely N-dealkylation sites (tertiary alicyclic amines) is 1. The highest BCUT2D eigenvalue weighted by Gasteiger charge is 2.55. The van der Waals surface area contributed by atoms with Crippen molar-refractivity contribution in [2.24, 2.45) is 11.3 Å². The molecule has 130 valence electrons. The van der Waals surface area contributed by atoms with E-state index in [9.17, 15) is 14.7 Å². The molecule has 1 N–H and O–H groups in total. The largest absolute Gasteiger partial charge is 0.481 e. The first-order valence-corrected chi connectivity index (χ1v) is 8.44. The van der Waals surface area contributed by atoms with Gasteiger partial charge in [-0.15, -0.1) is 0 Å². The number of aryl methyl sites for hydroxylation is 1. The fourth-order valence-corrected chi connectivity index (χ4v) is 4.23. The van der Waals surface area contributed by atoms with Gasteiger partial charge in [-0.3, -0.25) is 9.59 Å². The van der Waals surface area contributed by atoms with Crippen LogP contribution in [-0.4, -0.2) is 45.1 Å². The summed E-state index contributed by atoms with van der Waals surface area (Å²) < 4.78 is 5.21. The highest BCUT2D eigenvalue weighted by atomic mass is 16.5. The lowest BCUT2D eigenvalue weighted by Crippen LogP contribution is -2.37. The second-order valence-electron chi connectivity index (χ2n) is 6.93. The zero-order valence-corrected chi connectivity index (χ0v) is 13.9. The van der Waals surface area contributed by atoms with E-state index in [1.165, 1.54) is 0 Å². The number of amides is 1. The Morgan fingerprint density at radius 3 is 2.84 bits per heavy atom. The van der Waals surface area contributed by atoms with Crippen molar-refractivity contribution in [1.82, 2.24) is 15.0 Å². The predicted octanol–water partition coefficient (Wildman–Crippen LogP) is 2.37. The molecule has 0 radical (unpaired) electrons. The average Bonchev–Trinajstić information content (AvgIpc) is 3.28. The third-order valence-corrected chi connectivity index (χ3v) is 5.50. The van der Waals surface area contributed by atoms with Crippen LogP contribution in [0.2, 0.25) is 0 Å². The molecule has 2 fully saturated rings. The minimum absolute atomic E-state index is 0.0340. The molecule has 2 heterocycles. The monoisotopic (exact) mass is 341 g/mol. The van der Waals surface area contributed by atoms with Gasteiger partial charge in [0, 0.05) is 13.1 Å².